The monoisotopic (exact) mass is 373 g/mol. The first-order chi connectivity index (χ1) is 11.9. The lowest BCUT2D eigenvalue weighted by atomic mass is 10.0. The van der Waals surface area contributed by atoms with Crippen LogP contribution in [0.4, 0.5) is 0 Å². The summed E-state index contributed by atoms with van der Waals surface area (Å²) in [6.07, 6.45) is -0.352. The molecule has 0 aromatic carbocycles. The average Bonchev–Trinajstić information content (AvgIpc) is 2.49. The third kappa shape index (κ3) is 9.57. The van der Waals surface area contributed by atoms with Gasteiger partial charge in [-0.15, -0.1) is 0 Å². The maximum atomic E-state index is 12.3. The van der Waals surface area contributed by atoms with E-state index in [0.717, 1.165) is 0 Å². The Morgan fingerprint density at radius 2 is 1.54 bits per heavy atom. The molecule has 0 spiro atoms. The van der Waals surface area contributed by atoms with Crippen molar-refractivity contribution in [2.75, 3.05) is 6.54 Å². The molecule has 0 radical (unpaired) electrons. The van der Waals surface area contributed by atoms with Crippen LogP contribution in [-0.2, 0) is 24.0 Å². The van der Waals surface area contributed by atoms with E-state index in [-0.39, 0.29) is 18.9 Å². The minimum atomic E-state index is -1.50. The van der Waals surface area contributed by atoms with Crippen molar-refractivity contribution in [1.82, 2.24) is 16.0 Å². The Balaban J connectivity index is 4.92. The number of carbonyl (C=O) groups excluding carboxylic acids is 4. The van der Waals surface area contributed by atoms with Crippen LogP contribution in [0.5, 0.6) is 0 Å². The molecule has 8 N–H and O–H groups in total. The fourth-order valence-corrected chi connectivity index (χ4v) is 1.95. The molecular formula is C15H27N5O6. The van der Waals surface area contributed by atoms with Crippen LogP contribution in [0, 0.1) is 5.92 Å². The highest BCUT2D eigenvalue weighted by molar-refractivity contribution is 5.93. The first kappa shape index (κ1) is 23.3. The summed E-state index contributed by atoms with van der Waals surface area (Å²) in [7, 11) is 0. The van der Waals surface area contributed by atoms with Gasteiger partial charge in [-0.2, -0.15) is 0 Å². The molecule has 26 heavy (non-hydrogen) atoms. The smallest absolute Gasteiger partial charge is 0.326 e. The second-order valence-electron chi connectivity index (χ2n) is 6.33. The zero-order valence-electron chi connectivity index (χ0n) is 15.1. The molecule has 4 amide bonds. The Kier molecular flexibility index (Phi) is 9.89. The van der Waals surface area contributed by atoms with Gasteiger partial charge in [0.1, 0.15) is 12.1 Å². The van der Waals surface area contributed by atoms with Crippen molar-refractivity contribution in [1.29, 1.82) is 0 Å². The lowest BCUT2D eigenvalue weighted by Gasteiger charge is -2.22. The highest BCUT2D eigenvalue weighted by Gasteiger charge is 2.28. The number of primary amides is 1. The molecule has 0 aromatic rings. The molecule has 0 aliphatic heterocycles. The van der Waals surface area contributed by atoms with Gasteiger partial charge in [0.15, 0.2) is 0 Å². The normalized spacial score (nSPS) is 14.0. The number of carboxylic acid groups (broad SMARTS) is 1. The third-order valence-electron chi connectivity index (χ3n) is 3.22. The van der Waals surface area contributed by atoms with Gasteiger partial charge in [-0.05, 0) is 19.3 Å². The first-order valence-corrected chi connectivity index (χ1v) is 8.08. The van der Waals surface area contributed by atoms with Crippen molar-refractivity contribution in [3.63, 3.8) is 0 Å². The lowest BCUT2D eigenvalue weighted by Crippen LogP contribution is -2.54. The van der Waals surface area contributed by atoms with E-state index in [0.29, 0.717) is 0 Å². The minimum Gasteiger partial charge on any atom is -0.480 e. The molecule has 3 atom stereocenters. The fourth-order valence-electron chi connectivity index (χ4n) is 1.95. The molecule has 0 saturated carbocycles. The van der Waals surface area contributed by atoms with E-state index in [1.807, 2.05) is 13.8 Å². The molecule has 0 fully saturated rings. The zero-order chi connectivity index (χ0) is 20.4. The van der Waals surface area contributed by atoms with Gasteiger partial charge in [0.05, 0.1) is 19.0 Å². The summed E-state index contributed by atoms with van der Waals surface area (Å²) in [6.45, 7) is 4.68. The van der Waals surface area contributed by atoms with Crippen LogP contribution in [-0.4, -0.2) is 59.4 Å². The van der Waals surface area contributed by atoms with Crippen LogP contribution in [0.1, 0.15) is 33.6 Å². The molecule has 148 valence electrons. The molecule has 11 nitrogen and oxygen atoms in total. The van der Waals surface area contributed by atoms with E-state index in [2.05, 4.69) is 16.0 Å². The van der Waals surface area contributed by atoms with E-state index >= 15 is 0 Å². The Hall–Kier alpha value is -2.69. The Labute approximate surface area is 151 Å². The molecule has 0 aliphatic carbocycles. The predicted molar refractivity (Wildman–Crippen MR) is 91.4 cm³/mol. The lowest BCUT2D eigenvalue weighted by molar-refractivity contribution is -0.143. The van der Waals surface area contributed by atoms with E-state index in [9.17, 15) is 24.0 Å². The summed E-state index contributed by atoms with van der Waals surface area (Å²) < 4.78 is 0. The minimum absolute atomic E-state index is 0.00382. The van der Waals surface area contributed by atoms with Gasteiger partial charge in [-0.1, -0.05) is 13.8 Å². The maximum absolute atomic E-state index is 12.3. The summed E-state index contributed by atoms with van der Waals surface area (Å²) in [4.78, 5) is 57.6. The Morgan fingerprint density at radius 3 is 1.96 bits per heavy atom. The van der Waals surface area contributed by atoms with Gasteiger partial charge >= 0.3 is 5.97 Å². The largest absolute Gasteiger partial charge is 0.480 e. The second-order valence-corrected chi connectivity index (χ2v) is 6.33. The molecule has 0 rings (SSSR count). The molecule has 0 aromatic heterocycles. The van der Waals surface area contributed by atoms with Gasteiger partial charge in [-0.3, -0.25) is 19.2 Å². The van der Waals surface area contributed by atoms with E-state index in [1.165, 1.54) is 6.92 Å². The van der Waals surface area contributed by atoms with Crippen molar-refractivity contribution < 1.29 is 29.1 Å². The van der Waals surface area contributed by atoms with E-state index in [4.69, 9.17) is 16.6 Å². The van der Waals surface area contributed by atoms with Gasteiger partial charge < -0.3 is 32.5 Å². The van der Waals surface area contributed by atoms with Gasteiger partial charge in [-0.25, -0.2) is 4.79 Å². The Morgan fingerprint density at radius 1 is 0.962 bits per heavy atom. The SMILES string of the molecule is CC(C)CC(NC(=O)CNC(=O)C(C)N)C(=O)NC(CC(N)=O)C(=O)O. The van der Waals surface area contributed by atoms with Gasteiger partial charge in [0.25, 0.3) is 0 Å². The summed E-state index contributed by atoms with van der Waals surface area (Å²) in [5, 5.41) is 16.0. The summed E-state index contributed by atoms with van der Waals surface area (Å²) >= 11 is 0. The summed E-state index contributed by atoms with van der Waals surface area (Å²) in [6, 6.07) is -3.32. The molecule has 3 unspecified atom stereocenters. The second kappa shape index (κ2) is 11.0. The number of amides is 4. The number of carboxylic acids is 1. The molecule has 0 aliphatic rings. The Bertz CT molecular complexity index is 549. The number of rotatable bonds is 11. The van der Waals surface area contributed by atoms with Crippen LogP contribution in [0.3, 0.4) is 0 Å². The maximum Gasteiger partial charge on any atom is 0.326 e. The van der Waals surface area contributed by atoms with Gasteiger partial charge in [0.2, 0.25) is 23.6 Å². The zero-order valence-corrected chi connectivity index (χ0v) is 15.1. The van der Waals surface area contributed by atoms with Crippen LogP contribution in [0.25, 0.3) is 0 Å². The third-order valence-corrected chi connectivity index (χ3v) is 3.22. The topological polar surface area (TPSA) is 194 Å². The molecule has 11 heteroatoms. The number of hydrogen-bond acceptors (Lipinski definition) is 6. The summed E-state index contributed by atoms with van der Waals surface area (Å²) in [5.74, 6) is -4.24. The standard InChI is InChI=1S/C15H27N5O6/c1-7(2)4-9(19-12(22)6-18-13(23)8(3)16)14(24)20-10(15(25)26)5-11(17)21/h7-10H,4-6,16H2,1-3H3,(H2,17,21)(H,18,23)(H,19,22)(H,20,24)(H,25,26). The van der Waals surface area contributed by atoms with Crippen molar-refractivity contribution in [2.45, 2.75) is 51.7 Å². The number of nitrogens with two attached hydrogens (primary N) is 2. The number of hydrogen-bond donors (Lipinski definition) is 6. The van der Waals surface area contributed by atoms with Crippen molar-refractivity contribution >= 4 is 29.6 Å². The molecule has 0 bridgehead atoms. The van der Waals surface area contributed by atoms with Crippen molar-refractivity contribution in [3.8, 4) is 0 Å². The predicted octanol–water partition coefficient (Wildman–Crippen LogP) is -2.57. The fraction of sp³-hybridized carbons (Fsp3) is 0.667. The first-order valence-electron chi connectivity index (χ1n) is 8.08. The van der Waals surface area contributed by atoms with Gasteiger partial charge in [0, 0.05) is 0 Å². The quantitative estimate of drug-likeness (QED) is 0.229. The van der Waals surface area contributed by atoms with Crippen molar-refractivity contribution in [2.24, 2.45) is 17.4 Å². The van der Waals surface area contributed by atoms with E-state index < -0.39 is 54.1 Å². The number of nitrogens with one attached hydrogen (secondary N) is 3. The summed E-state index contributed by atoms with van der Waals surface area (Å²) in [5.41, 5.74) is 10.3. The van der Waals surface area contributed by atoms with E-state index in [1.54, 1.807) is 0 Å². The van der Waals surface area contributed by atoms with Crippen LogP contribution >= 0.6 is 0 Å². The highest BCUT2D eigenvalue weighted by Crippen LogP contribution is 2.06. The molecule has 0 heterocycles. The average molecular weight is 373 g/mol. The van der Waals surface area contributed by atoms with Crippen molar-refractivity contribution in [3.05, 3.63) is 0 Å². The molecule has 0 saturated heterocycles. The number of aliphatic carboxylic acids is 1. The molecular weight excluding hydrogens is 346 g/mol. The highest BCUT2D eigenvalue weighted by atomic mass is 16.4. The van der Waals surface area contributed by atoms with Crippen LogP contribution in [0.15, 0.2) is 0 Å². The van der Waals surface area contributed by atoms with Crippen LogP contribution < -0.4 is 27.4 Å². The number of carbonyl (C=O) groups is 5. The van der Waals surface area contributed by atoms with Crippen LogP contribution in [0.2, 0.25) is 0 Å².